The fourth-order valence-corrected chi connectivity index (χ4v) is 2.72. The van der Waals surface area contributed by atoms with E-state index in [9.17, 15) is 4.79 Å². The van der Waals surface area contributed by atoms with Crippen LogP contribution in [-0.2, 0) is 11.2 Å². The highest BCUT2D eigenvalue weighted by atomic mass is 16.1. The standard InChI is InChI=1S/C16H18N4O/c21-11-19-13-7-5-6-12-16(13)14-10-18-15(20-14)8-3-1-2-4-9-17-12/h5-7,10,17H,1-4,8-9H2,(H,18,20). The van der Waals surface area contributed by atoms with Gasteiger partial charge in [0.05, 0.1) is 17.6 Å². The fourth-order valence-electron chi connectivity index (χ4n) is 2.72. The molecule has 2 N–H and O–H groups in total. The van der Waals surface area contributed by atoms with Crippen molar-refractivity contribution in [2.75, 3.05) is 11.9 Å². The number of rotatable bonds is 1. The summed E-state index contributed by atoms with van der Waals surface area (Å²) >= 11 is 0. The second-order valence-electron chi connectivity index (χ2n) is 5.24. The second-order valence-corrected chi connectivity index (χ2v) is 5.24. The number of nitrogens with one attached hydrogen (secondary N) is 2. The molecule has 0 unspecified atom stereocenters. The van der Waals surface area contributed by atoms with E-state index in [1.807, 2.05) is 24.4 Å². The minimum absolute atomic E-state index is 0.613. The zero-order valence-electron chi connectivity index (χ0n) is 11.9. The van der Waals surface area contributed by atoms with E-state index in [0.29, 0.717) is 5.69 Å². The van der Waals surface area contributed by atoms with Gasteiger partial charge in [-0.1, -0.05) is 18.9 Å². The molecule has 2 heterocycles. The topological polar surface area (TPSA) is 70.1 Å². The number of fused-ring (bicyclic) bond motifs is 4. The first kappa shape index (κ1) is 13.6. The Morgan fingerprint density at radius 2 is 2.10 bits per heavy atom. The molecular formula is C16H18N4O. The van der Waals surface area contributed by atoms with E-state index < -0.39 is 0 Å². The molecular weight excluding hydrogens is 264 g/mol. The molecule has 0 spiro atoms. The predicted molar refractivity (Wildman–Crippen MR) is 82.5 cm³/mol. The SMILES string of the molecule is O=C=Nc1cccc2c1-c1cnc([nH]1)CCCCCCN2. The molecule has 0 saturated carbocycles. The van der Waals surface area contributed by atoms with E-state index in [1.54, 1.807) is 6.08 Å². The maximum atomic E-state index is 10.7. The van der Waals surface area contributed by atoms with Gasteiger partial charge >= 0.3 is 0 Å². The summed E-state index contributed by atoms with van der Waals surface area (Å²) in [6, 6.07) is 5.72. The van der Waals surface area contributed by atoms with Crippen LogP contribution >= 0.6 is 0 Å². The van der Waals surface area contributed by atoms with Crippen molar-refractivity contribution in [1.82, 2.24) is 9.97 Å². The molecule has 1 aliphatic heterocycles. The number of hydrogen-bond donors (Lipinski definition) is 2. The Kier molecular flexibility index (Phi) is 4.12. The number of aromatic nitrogens is 2. The Hall–Kier alpha value is -2.39. The van der Waals surface area contributed by atoms with Crippen molar-refractivity contribution in [3.8, 4) is 11.3 Å². The predicted octanol–water partition coefficient (Wildman–Crippen LogP) is 3.57. The summed E-state index contributed by atoms with van der Waals surface area (Å²) in [7, 11) is 0. The number of benzene rings is 1. The molecule has 0 amide bonds. The van der Waals surface area contributed by atoms with Gasteiger partial charge in [-0.3, -0.25) is 0 Å². The summed E-state index contributed by atoms with van der Waals surface area (Å²) in [5, 5.41) is 3.44. The third-order valence-corrected chi connectivity index (χ3v) is 3.76. The highest BCUT2D eigenvalue weighted by molar-refractivity contribution is 5.86. The number of H-pyrrole nitrogens is 1. The molecule has 2 bridgehead atoms. The molecule has 1 aromatic carbocycles. The molecule has 0 atom stereocenters. The van der Waals surface area contributed by atoms with Crippen molar-refractivity contribution in [3.05, 3.63) is 30.2 Å². The average molecular weight is 282 g/mol. The van der Waals surface area contributed by atoms with E-state index in [0.717, 1.165) is 48.6 Å². The Bertz CT molecular complexity index is 671. The number of anilines is 1. The Balaban J connectivity index is 2.10. The first-order valence-electron chi connectivity index (χ1n) is 7.37. The summed E-state index contributed by atoms with van der Waals surface area (Å²) in [5.74, 6) is 0.987. The molecule has 0 fully saturated rings. The van der Waals surface area contributed by atoms with Gasteiger partial charge in [-0.2, -0.15) is 4.99 Å². The fraction of sp³-hybridized carbons (Fsp3) is 0.375. The van der Waals surface area contributed by atoms with Crippen molar-refractivity contribution in [1.29, 1.82) is 0 Å². The largest absolute Gasteiger partial charge is 0.384 e. The molecule has 21 heavy (non-hydrogen) atoms. The molecule has 0 aliphatic carbocycles. The van der Waals surface area contributed by atoms with Crippen molar-refractivity contribution in [2.24, 2.45) is 4.99 Å². The lowest BCUT2D eigenvalue weighted by atomic mass is 10.1. The molecule has 5 nitrogen and oxygen atoms in total. The average Bonchev–Trinajstić information content (AvgIpc) is 2.94. The van der Waals surface area contributed by atoms with Gasteiger partial charge in [0.15, 0.2) is 0 Å². The van der Waals surface area contributed by atoms with Gasteiger partial charge in [0.25, 0.3) is 0 Å². The van der Waals surface area contributed by atoms with E-state index in [-0.39, 0.29) is 0 Å². The van der Waals surface area contributed by atoms with Crippen LogP contribution in [0.1, 0.15) is 31.5 Å². The van der Waals surface area contributed by atoms with Crippen molar-refractivity contribution in [3.63, 3.8) is 0 Å². The quantitative estimate of drug-likeness (QED) is 0.620. The molecule has 2 aromatic rings. The van der Waals surface area contributed by atoms with E-state index in [2.05, 4.69) is 20.3 Å². The number of nitrogens with zero attached hydrogens (tertiary/aromatic N) is 2. The smallest absolute Gasteiger partial charge is 0.240 e. The van der Waals surface area contributed by atoms with Crippen molar-refractivity contribution < 1.29 is 4.79 Å². The molecule has 5 heteroatoms. The Morgan fingerprint density at radius 1 is 1.19 bits per heavy atom. The number of isocyanates is 1. The number of carbonyl (C=O) groups excluding carboxylic acids is 1. The van der Waals surface area contributed by atoms with Crippen LogP contribution in [0.3, 0.4) is 0 Å². The highest BCUT2D eigenvalue weighted by Crippen LogP contribution is 2.36. The van der Waals surface area contributed by atoms with Crippen LogP contribution in [0, 0.1) is 0 Å². The van der Waals surface area contributed by atoms with Gasteiger partial charge in [-0.25, -0.2) is 9.78 Å². The third kappa shape index (κ3) is 3.03. The van der Waals surface area contributed by atoms with Crippen LogP contribution < -0.4 is 5.32 Å². The zero-order valence-corrected chi connectivity index (χ0v) is 11.9. The summed E-state index contributed by atoms with van der Waals surface area (Å²) in [6.45, 7) is 0.919. The first-order valence-corrected chi connectivity index (χ1v) is 7.37. The number of imidazole rings is 1. The van der Waals surface area contributed by atoms with E-state index >= 15 is 0 Å². The molecule has 3 rings (SSSR count). The van der Waals surface area contributed by atoms with Gasteiger partial charge in [0.2, 0.25) is 6.08 Å². The maximum Gasteiger partial charge on any atom is 0.240 e. The first-order chi connectivity index (χ1) is 10.4. The molecule has 1 aliphatic rings. The normalized spacial score (nSPS) is 14.9. The Morgan fingerprint density at radius 3 is 3.00 bits per heavy atom. The number of hydrogen-bond acceptors (Lipinski definition) is 4. The van der Waals surface area contributed by atoms with Gasteiger partial charge in [0.1, 0.15) is 5.82 Å². The monoisotopic (exact) mass is 282 g/mol. The molecule has 0 saturated heterocycles. The number of aromatic amines is 1. The minimum Gasteiger partial charge on any atom is -0.384 e. The van der Waals surface area contributed by atoms with Gasteiger partial charge in [-0.05, 0) is 25.0 Å². The van der Waals surface area contributed by atoms with Gasteiger partial charge < -0.3 is 10.3 Å². The van der Waals surface area contributed by atoms with Gasteiger partial charge in [-0.15, -0.1) is 0 Å². The van der Waals surface area contributed by atoms with Crippen molar-refractivity contribution >= 4 is 17.5 Å². The highest BCUT2D eigenvalue weighted by Gasteiger charge is 2.14. The van der Waals surface area contributed by atoms with Crippen LogP contribution in [0.25, 0.3) is 11.3 Å². The maximum absolute atomic E-state index is 10.7. The molecule has 1 aromatic heterocycles. The summed E-state index contributed by atoms with van der Waals surface area (Å²) in [4.78, 5) is 22.3. The zero-order chi connectivity index (χ0) is 14.5. The summed E-state index contributed by atoms with van der Waals surface area (Å²) in [6.07, 6.45) is 9.13. The molecule has 108 valence electrons. The van der Waals surface area contributed by atoms with E-state index in [4.69, 9.17) is 0 Å². The number of aryl methyl sites for hydroxylation is 1. The lowest BCUT2D eigenvalue weighted by molar-refractivity contribution is 0.565. The van der Waals surface area contributed by atoms with Crippen LogP contribution in [0.2, 0.25) is 0 Å². The summed E-state index contributed by atoms with van der Waals surface area (Å²) in [5.41, 5.74) is 3.37. The second kappa shape index (κ2) is 6.37. The van der Waals surface area contributed by atoms with E-state index in [1.165, 1.54) is 12.8 Å². The Labute approximate surface area is 123 Å². The minimum atomic E-state index is 0.613. The van der Waals surface area contributed by atoms with Crippen molar-refractivity contribution in [2.45, 2.75) is 32.1 Å². The lowest BCUT2D eigenvalue weighted by Crippen LogP contribution is -2.04. The van der Waals surface area contributed by atoms with Crippen LogP contribution in [0.4, 0.5) is 11.4 Å². The lowest BCUT2D eigenvalue weighted by Gasteiger charge is -2.13. The number of aliphatic imine (C=N–C) groups is 1. The molecule has 0 radical (unpaired) electrons. The van der Waals surface area contributed by atoms with Crippen LogP contribution in [0.5, 0.6) is 0 Å². The van der Waals surface area contributed by atoms with Crippen LogP contribution in [0.15, 0.2) is 29.4 Å². The third-order valence-electron chi connectivity index (χ3n) is 3.76. The summed E-state index contributed by atoms with van der Waals surface area (Å²) < 4.78 is 0. The van der Waals surface area contributed by atoms with Crippen LogP contribution in [-0.4, -0.2) is 22.6 Å². The van der Waals surface area contributed by atoms with Gasteiger partial charge in [0, 0.05) is 24.2 Å².